The predicted molar refractivity (Wildman–Crippen MR) is 64.2 cm³/mol. The molecule has 4 nitrogen and oxygen atoms in total. The molecule has 0 saturated heterocycles. The van der Waals surface area contributed by atoms with Gasteiger partial charge in [0.25, 0.3) is 5.91 Å². The van der Waals surface area contributed by atoms with Crippen molar-refractivity contribution >= 4 is 5.91 Å². The largest absolute Gasteiger partial charge is 0.364 e. The summed E-state index contributed by atoms with van der Waals surface area (Å²) >= 11 is 0. The lowest BCUT2D eigenvalue weighted by atomic mass is 10.1. The lowest BCUT2D eigenvalue weighted by Crippen LogP contribution is -2.13. The van der Waals surface area contributed by atoms with Gasteiger partial charge in [0.2, 0.25) is 0 Å². The van der Waals surface area contributed by atoms with Crippen molar-refractivity contribution in [2.24, 2.45) is 11.7 Å². The first-order valence-electron chi connectivity index (χ1n) is 5.91. The molecule has 1 rings (SSSR count). The van der Waals surface area contributed by atoms with Gasteiger partial charge in [-0.3, -0.25) is 9.48 Å². The van der Waals surface area contributed by atoms with Gasteiger partial charge in [0.15, 0.2) is 0 Å². The summed E-state index contributed by atoms with van der Waals surface area (Å²) in [6.07, 6.45) is 3.13. The SMILES string of the molecule is CCCCn1nc(C(N)=O)cc1CC(C)C. The molecule has 90 valence electrons. The van der Waals surface area contributed by atoms with Crippen LogP contribution in [0.15, 0.2) is 6.07 Å². The topological polar surface area (TPSA) is 60.9 Å². The molecular formula is C12H21N3O. The monoisotopic (exact) mass is 223 g/mol. The van der Waals surface area contributed by atoms with Crippen LogP contribution >= 0.6 is 0 Å². The maximum atomic E-state index is 11.1. The number of rotatable bonds is 6. The van der Waals surface area contributed by atoms with Crippen LogP contribution in [0.3, 0.4) is 0 Å². The molecule has 4 heteroatoms. The Labute approximate surface area is 96.8 Å². The third-order valence-electron chi connectivity index (χ3n) is 2.46. The highest BCUT2D eigenvalue weighted by Gasteiger charge is 2.12. The number of hydrogen-bond donors (Lipinski definition) is 1. The highest BCUT2D eigenvalue weighted by molar-refractivity contribution is 5.90. The molecule has 1 aromatic rings. The number of amides is 1. The molecule has 0 unspecified atom stereocenters. The molecule has 0 saturated carbocycles. The number of hydrogen-bond acceptors (Lipinski definition) is 2. The molecule has 1 aromatic heterocycles. The summed E-state index contributed by atoms with van der Waals surface area (Å²) in [6, 6.07) is 1.82. The molecule has 16 heavy (non-hydrogen) atoms. The molecule has 0 aliphatic heterocycles. The fraction of sp³-hybridized carbons (Fsp3) is 0.667. The van der Waals surface area contributed by atoms with Crippen LogP contribution in [0, 0.1) is 5.92 Å². The number of primary amides is 1. The minimum atomic E-state index is -0.444. The first kappa shape index (κ1) is 12.7. The van der Waals surface area contributed by atoms with Gasteiger partial charge in [-0.05, 0) is 24.8 Å². The fourth-order valence-corrected chi connectivity index (χ4v) is 1.66. The average molecular weight is 223 g/mol. The number of unbranched alkanes of at least 4 members (excludes halogenated alkanes) is 1. The Morgan fingerprint density at radius 3 is 2.75 bits per heavy atom. The molecule has 0 bridgehead atoms. The van der Waals surface area contributed by atoms with Crippen molar-refractivity contribution in [3.8, 4) is 0 Å². The zero-order valence-corrected chi connectivity index (χ0v) is 10.4. The highest BCUT2D eigenvalue weighted by Crippen LogP contribution is 2.11. The van der Waals surface area contributed by atoms with Crippen LogP contribution in [0.2, 0.25) is 0 Å². The zero-order valence-electron chi connectivity index (χ0n) is 10.4. The quantitative estimate of drug-likeness (QED) is 0.801. The van der Waals surface area contributed by atoms with E-state index in [9.17, 15) is 4.79 Å². The number of aromatic nitrogens is 2. The van der Waals surface area contributed by atoms with Crippen molar-refractivity contribution in [2.45, 2.75) is 46.6 Å². The standard InChI is InChI=1S/C12H21N3O/c1-4-5-6-15-10(7-9(2)3)8-11(14-15)12(13)16/h8-9H,4-7H2,1-3H3,(H2,13,16). The Kier molecular flexibility index (Phi) is 4.52. The van der Waals surface area contributed by atoms with E-state index in [4.69, 9.17) is 5.73 Å². The second-order valence-electron chi connectivity index (χ2n) is 4.56. The van der Waals surface area contributed by atoms with Crippen LogP contribution < -0.4 is 5.73 Å². The van der Waals surface area contributed by atoms with E-state index in [1.807, 2.05) is 10.7 Å². The van der Waals surface area contributed by atoms with E-state index >= 15 is 0 Å². The van der Waals surface area contributed by atoms with Gasteiger partial charge < -0.3 is 5.73 Å². The highest BCUT2D eigenvalue weighted by atomic mass is 16.1. The Bertz CT molecular complexity index is 355. The minimum Gasteiger partial charge on any atom is -0.364 e. The van der Waals surface area contributed by atoms with Gasteiger partial charge in [-0.25, -0.2) is 0 Å². The first-order chi connectivity index (χ1) is 7.54. The number of carbonyl (C=O) groups is 1. The van der Waals surface area contributed by atoms with Crippen molar-refractivity contribution < 1.29 is 4.79 Å². The van der Waals surface area contributed by atoms with Crippen LogP contribution in [-0.2, 0) is 13.0 Å². The lowest BCUT2D eigenvalue weighted by molar-refractivity contribution is 0.0994. The third-order valence-corrected chi connectivity index (χ3v) is 2.46. The first-order valence-corrected chi connectivity index (χ1v) is 5.91. The summed E-state index contributed by atoms with van der Waals surface area (Å²) in [7, 11) is 0. The number of nitrogens with two attached hydrogens (primary N) is 1. The minimum absolute atomic E-state index is 0.381. The predicted octanol–water partition coefficient (Wildman–Crippen LogP) is 1.98. The van der Waals surface area contributed by atoms with Gasteiger partial charge in [-0.15, -0.1) is 0 Å². The van der Waals surface area contributed by atoms with E-state index in [0.29, 0.717) is 11.6 Å². The van der Waals surface area contributed by atoms with Gasteiger partial charge in [0.05, 0.1) is 0 Å². The molecule has 0 spiro atoms. The van der Waals surface area contributed by atoms with E-state index in [1.54, 1.807) is 0 Å². The maximum Gasteiger partial charge on any atom is 0.269 e. The van der Waals surface area contributed by atoms with Crippen molar-refractivity contribution in [3.05, 3.63) is 17.5 Å². The van der Waals surface area contributed by atoms with E-state index in [-0.39, 0.29) is 0 Å². The van der Waals surface area contributed by atoms with E-state index in [2.05, 4.69) is 25.9 Å². The average Bonchev–Trinajstić information content (AvgIpc) is 2.57. The van der Waals surface area contributed by atoms with Crippen molar-refractivity contribution in [1.29, 1.82) is 0 Å². The van der Waals surface area contributed by atoms with Crippen LogP contribution in [-0.4, -0.2) is 15.7 Å². The van der Waals surface area contributed by atoms with Crippen LogP contribution in [0.4, 0.5) is 0 Å². The molecule has 2 N–H and O–H groups in total. The number of nitrogens with zero attached hydrogens (tertiary/aromatic N) is 2. The Morgan fingerprint density at radius 1 is 1.56 bits per heavy atom. The molecule has 0 radical (unpaired) electrons. The summed E-state index contributed by atoms with van der Waals surface area (Å²) < 4.78 is 1.92. The molecular weight excluding hydrogens is 202 g/mol. The Hall–Kier alpha value is -1.32. The summed E-state index contributed by atoms with van der Waals surface area (Å²) in [5.74, 6) is 0.109. The van der Waals surface area contributed by atoms with Crippen molar-refractivity contribution in [2.75, 3.05) is 0 Å². The van der Waals surface area contributed by atoms with Gasteiger partial charge in [-0.1, -0.05) is 27.2 Å². The molecule has 1 heterocycles. The maximum absolute atomic E-state index is 11.1. The molecule has 0 aliphatic carbocycles. The van der Waals surface area contributed by atoms with Crippen LogP contribution in [0.1, 0.15) is 49.8 Å². The molecule has 0 aromatic carbocycles. The van der Waals surface area contributed by atoms with Crippen molar-refractivity contribution in [3.63, 3.8) is 0 Å². The van der Waals surface area contributed by atoms with Crippen LogP contribution in [0.25, 0.3) is 0 Å². The summed E-state index contributed by atoms with van der Waals surface area (Å²) in [5, 5.41) is 4.24. The van der Waals surface area contributed by atoms with Gasteiger partial charge in [0.1, 0.15) is 5.69 Å². The molecule has 0 aliphatic rings. The van der Waals surface area contributed by atoms with Crippen LogP contribution in [0.5, 0.6) is 0 Å². The zero-order chi connectivity index (χ0) is 12.1. The summed E-state index contributed by atoms with van der Waals surface area (Å²) in [4.78, 5) is 11.1. The second kappa shape index (κ2) is 5.68. The smallest absolute Gasteiger partial charge is 0.269 e. The third kappa shape index (κ3) is 3.36. The Morgan fingerprint density at radius 2 is 2.25 bits per heavy atom. The lowest BCUT2D eigenvalue weighted by Gasteiger charge is -2.08. The second-order valence-corrected chi connectivity index (χ2v) is 4.56. The molecule has 1 amide bonds. The number of aryl methyl sites for hydroxylation is 1. The van der Waals surface area contributed by atoms with E-state index < -0.39 is 5.91 Å². The van der Waals surface area contributed by atoms with Gasteiger partial charge in [0, 0.05) is 12.2 Å². The van der Waals surface area contributed by atoms with Gasteiger partial charge >= 0.3 is 0 Å². The number of carbonyl (C=O) groups excluding carboxylic acids is 1. The van der Waals surface area contributed by atoms with E-state index in [0.717, 1.165) is 31.5 Å². The molecule has 0 fully saturated rings. The molecule has 0 atom stereocenters. The fourth-order valence-electron chi connectivity index (χ4n) is 1.66. The summed E-state index contributed by atoms with van der Waals surface area (Å²) in [6.45, 7) is 7.31. The summed E-state index contributed by atoms with van der Waals surface area (Å²) in [5.41, 5.74) is 6.73. The Balaban J connectivity index is 2.88. The normalized spacial score (nSPS) is 11.0. The van der Waals surface area contributed by atoms with E-state index in [1.165, 1.54) is 0 Å². The van der Waals surface area contributed by atoms with Gasteiger partial charge in [-0.2, -0.15) is 5.10 Å². The van der Waals surface area contributed by atoms with Crippen molar-refractivity contribution in [1.82, 2.24) is 9.78 Å².